The minimum atomic E-state index is -5.15. The Morgan fingerprint density at radius 3 is 2.00 bits per heavy atom. The molecule has 178 valence electrons. The third-order valence-electron chi connectivity index (χ3n) is 5.94. The van der Waals surface area contributed by atoms with Crippen LogP contribution in [0.3, 0.4) is 0 Å². The Morgan fingerprint density at radius 2 is 1.38 bits per heavy atom. The number of sulfone groups is 1. The van der Waals surface area contributed by atoms with E-state index in [1.807, 2.05) is 0 Å². The Labute approximate surface area is 196 Å². The molecule has 6 nitrogen and oxygen atoms in total. The summed E-state index contributed by atoms with van der Waals surface area (Å²) >= 11 is 0. The third kappa shape index (κ3) is 3.61. The number of nitrogens with zero attached hydrogens (tertiary/aromatic N) is 1. The molecular weight excluding hydrogens is 484 g/mol. The van der Waals surface area contributed by atoms with E-state index in [0.29, 0.717) is 4.31 Å². The molecule has 1 heterocycles. The predicted octanol–water partition coefficient (Wildman–Crippen LogP) is 4.45. The number of para-hydroxylation sites is 1. The van der Waals surface area contributed by atoms with Gasteiger partial charge in [0.25, 0.3) is 15.9 Å². The Hall–Kier alpha value is -3.11. The highest BCUT2D eigenvalue weighted by Crippen LogP contribution is 2.50. The van der Waals surface area contributed by atoms with Crippen LogP contribution in [0, 0.1) is 6.92 Å². The van der Waals surface area contributed by atoms with Crippen molar-refractivity contribution in [3.63, 3.8) is 0 Å². The Morgan fingerprint density at radius 1 is 0.824 bits per heavy atom. The van der Waals surface area contributed by atoms with Gasteiger partial charge in [-0.15, -0.1) is 0 Å². The van der Waals surface area contributed by atoms with E-state index in [0.717, 1.165) is 24.6 Å². The maximum absolute atomic E-state index is 15.3. The molecule has 3 aromatic rings. The fraction of sp³-hybridized carbons (Fsp3) is 0.208. The molecule has 1 aliphatic rings. The molecule has 0 N–H and O–H groups in total. The predicted molar refractivity (Wildman–Crippen MR) is 123 cm³/mol. The number of carbonyl (C=O) groups excluding carboxylic acids is 1. The number of amides is 1. The van der Waals surface area contributed by atoms with E-state index in [-0.39, 0.29) is 16.1 Å². The third-order valence-corrected chi connectivity index (χ3v) is 9.47. The molecule has 1 amide bonds. The van der Waals surface area contributed by atoms with Crippen LogP contribution in [-0.2, 0) is 30.1 Å². The summed E-state index contributed by atoms with van der Waals surface area (Å²) < 4.78 is 83.4. The summed E-state index contributed by atoms with van der Waals surface area (Å²) in [6, 6.07) is 17.6. The summed E-state index contributed by atoms with van der Waals surface area (Å²) in [4.78, 5) is 12.8. The maximum atomic E-state index is 15.3. The average Bonchev–Trinajstić information content (AvgIpc) is 3.01. The average molecular weight is 506 g/mol. The first-order valence-electron chi connectivity index (χ1n) is 10.3. The minimum Gasteiger partial charge on any atom is -0.272 e. The zero-order valence-corrected chi connectivity index (χ0v) is 19.9. The first kappa shape index (κ1) is 24.0. The highest BCUT2D eigenvalue weighted by atomic mass is 32.2. The normalized spacial score (nSPS) is 18.7. The molecule has 0 aliphatic carbocycles. The van der Waals surface area contributed by atoms with Gasteiger partial charge in [0, 0.05) is 6.42 Å². The van der Waals surface area contributed by atoms with Gasteiger partial charge in [-0.05, 0) is 49.7 Å². The first-order chi connectivity index (χ1) is 15.8. The molecule has 0 fully saturated rings. The second-order valence-electron chi connectivity index (χ2n) is 8.37. The zero-order valence-electron chi connectivity index (χ0n) is 18.3. The summed E-state index contributed by atoms with van der Waals surface area (Å²) in [7, 11) is -9.60. The number of aryl methyl sites for hydroxylation is 1. The lowest BCUT2D eigenvalue weighted by Crippen LogP contribution is -2.46. The number of carbonyl (C=O) groups is 1. The van der Waals surface area contributed by atoms with Crippen molar-refractivity contribution in [2.45, 2.75) is 40.7 Å². The number of halogens is 2. The van der Waals surface area contributed by atoms with Gasteiger partial charge in [-0.1, -0.05) is 54.1 Å². The number of hydrogen-bond acceptors (Lipinski definition) is 5. The van der Waals surface area contributed by atoms with Crippen molar-refractivity contribution in [1.82, 2.24) is 0 Å². The van der Waals surface area contributed by atoms with Crippen molar-refractivity contribution in [1.29, 1.82) is 0 Å². The molecule has 34 heavy (non-hydrogen) atoms. The molecule has 4 rings (SSSR count). The Bertz CT molecular complexity index is 1470. The molecule has 0 spiro atoms. The van der Waals surface area contributed by atoms with Gasteiger partial charge in [0.1, 0.15) is 0 Å². The summed E-state index contributed by atoms with van der Waals surface area (Å²) in [6.45, 7) is 2.91. The number of rotatable bonds is 6. The Balaban J connectivity index is 1.82. The van der Waals surface area contributed by atoms with E-state index in [4.69, 9.17) is 0 Å². The fourth-order valence-electron chi connectivity index (χ4n) is 4.07. The van der Waals surface area contributed by atoms with E-state index in [9.17, 15) is 21.6 Å². The summed E-state index contributed by atoms with van der Waals surface area (Å²) in [5, 5.41) is -4.35. The van der Waals surface area contributed by atoms with Crippen molar-refractivity contribution in [2.24, 2.45) is 0 Å². The van der Waals surface area contributed by atoms with Gasteiger partial charge in [0.15, 0.2) is 0 Å². The zero-order chi connectivity index (χ0) is 24.9. The highest BCUT2D eigenvalue weighted by molar-refractivity contribution is 7.93. The smallest absolute Gasteiger partial charge is 0.272 e. The van der Waals surface area contributed by atoms with Crippen molar-refractivity contribution < 1.29 is 30.4 Å². The summed E-state index contributed by atoms with van der Waals surface area (Å²) in [5.74, 6) is -1.14. The lowest BCUT2D eigenvalue weighted by molar-refractivity contribution is -0.123. The van der Waals surface area contributed by atoms with Gasteiger partial charge in [-0.3, -0.25) is 4.79 Å². The van der Waals surface area contributed by atoms with Gasteiger partial charge < -0.3 is 0 Å². The molecule has 10 heteroatoms. The van der Waals surface area contributed by atoms with E-state index in [1.165, 1.54) is 54.6 Å². The van der Waals surface area contributed by atoms with Crippen LogP contribution in [0.4, 0.5) is 14.5 Å². The van der Waals surface area contributed by atoms with Crippen LogP contribution < -0.4 is 4.31 Å². The SMILES string of the molecule is Cc1ccc(S(=O)(=O)N2C(=O)C(C)(CC(F)(F)S(=O)(=O)c3ccccc3)c3ccccc32)cc1. The molecule has 1 aliphatic heterocycles. The lowest BCUT2D eigenvalue weighted by Gasteiger charge is -2.28. The van der Waals surface area contributed by atoms with E-state index < -0.39 is 47.8 Å². The van der Waals surface area contributed by atoms with Gasteiger partial charge in [-0.25, -0.2) is 21.1 Å². The van der Waals surface area contributed by atoms with Crippen LogP contribution >= 0.6 is 0 Å². The number of hydrogen-bond donors (Lipinski definition) is 0. The second-order valence-corrected chi connectivity index (χ2v) is 12.2. The van der Waals surface area contributed by atoms with Gasteiger partial charge >= 0.3 is 5.25 Å². The molecule has 1 atom stereocenters. The van der Waals surface area contributed by atoms with Crippen molar-refractivity contribution in [3.8, 4) is 0 Å². The lowest BCUT2D eigenvalue weighted by atomic mass is 9.81. The first-order valence-corrected chi connectivity index (χ1v) is 13.2. The molecule has 0 radical (unpaired) electrons. The number of alkyl halides is 2. The fourth-order valence-corrected chi connectivity index (χ4v) is 6.94. The number of benzene rings is 3. The molecule has 0 aromatic heterocycles. The van der Waals surface area contributed by atoms with Gasteiger partial charge in [0.2, 0.25) is 9.84 Å². The standard InChI is InChI=1S/C24H21F2NO5S2/c1-17-12-14-19(15-13-17)34(31,32)27-21-11-7-6-10-20(21)23(2,22(27)28)16-24(25,26)33(29,30)18-8-4-3-5-9-18/h3-15H,16H2,1-2H3. The van der Waals surface area contributed by atoms with Gasteiger partial charge in [0.05, 0.1) is 20.9 Å². The number of sulfonamides is 1. The van der Waals surface area contributed by atoms with Crippen LogP contribution in [0.2, 0.25) is 0 Å². The number of fused-ring (bicyclic) bond motifs is 1. The van der Waals surface area contributed by atoms with Crippen LogP contribution in [0.25, 0.3) is 0 Å². The van der Waals surface area contributed by atoms with Crippen molar-refractivity contribution in [3.05, 3.63) is 90.0 Å². The Kier molecular flexibility index (Phi) is 5.64. The maximum Gasteiger partial charge on any atom is 0.351 e. The molecule has 0 saturated heterocycles. The molecule has 1 unspecified atom stereocenters. The van der Waals surface area contributed by atoms with Crippen molar-refractivity contribution in [2.75, 3.05) is 4.31 Å². The molecule has 3 aromatic carbocycles. The second kappa shape index (κ2) is 7.99. The largest absolute Gasteiger partial charge is 0.351 e. The summed E-state index contributed by atoms with van der Waals surface area (Å²) in [5.41, 5.74) is -1.38. The highest BCUT2D eigenvalue weighted by Gasteiger charge is 2.59. The van der Waals surface area contributed by atoms with Crippen LogP contribution in [0.15, 0.2) is 88.7 Å². The van der Waals surface area contributed by atoms with Crippen LogP contribution in [-0.4, -0.2) is 28.0 Å². The quantitative estimate of drug-likeness (QED) is 0.494. The molecular formula is C24H21F2NO5S2. The van der Waals surface area contributed by atoms with Crippen molar-refractivity contribution >= 4 is 31.5 Å². The van der Waals surface area contributed by atoms with E-state index in [2.05, 4.69) is 0 Å². The van der Waals surface area contributed by atoms with E-state index >= 15 is 8.78 Å². The molecule has 0 saturated carbocycles. The summed E-state index contributed by atoms with van der Waals surface area (Å²) in [6.07, 6.45) is -1.42. The van der Waals surface area contributed by atoms with E-state index in [1.54, 1.807) is 19.1 Å². The van der Waals surface area contributed by atoms with Crippen LogP contribution in [0.5, 0.6) is 0 Å². The monoisotopic (exact) mass is 505 g/mol. The van der Waals surface area contributed by atoms with Crippen LogP contribution in [0.1, 0.15) is 24.5 Å². The minimum absolute atomic E-state index is 0.0126. The topological polar surface area (TPSA) is 88.6 Å². The number of anilines is 1. The van der Waals surface area contributed by atoms with Gasteiger partial charge in [-0.2, -0.15) is 8.78 Å². The molecule has 0 bridgehead atoms.